The van der Waals surface area contributed by atoms with E-state index in [0.717, 1.165) is 46.4 Å². The zero-order valence-electron chi connectivity index (χ0n) is 25.4. The van der Waals surface area contributed by atoms with Gasteiger partial charge >= 0.3 is 5.97 Å². The largest absolute Gasteiger partial charge is 0.497 e. The molecule has 1 aromatic heterocycles. The Bertz CT molecular complexity index is 1390. The van der Waals surface area contributed by atoms with Crippen molar-refractivity contribution < 1.29 is 19.4 Å². The van der Waals surface area contributed by atoms with Crippen molar-refractivity contribution in [2.45, 2.75) is 71.3 Å². The molecule has 1 heterocycles. The molecular weight excluding hydrogens is 538 g/mol. The second-order valence-corrected chi connectivity index (χ2v) is 12.1. The van der Waals surface area contributed by atoms with Gasteiger partial charge in [0.05, 0.1) is 13.5 Å². The number of methoxy groups -OCH3 is 1. The molecule has 1 saturated carbocycles. The maximum atomic E-state index is 13.0. The zero-order chi connectivity index (χ0) is 30.2. The van der Waals surface area contributed by atoms with Crippen molar-refractivity contribution in [3.8, 4) is 17.1 Å². The molecule has 0 saturated heterocycles. The van der Waals surface area contributed by atoms with E-state index in [4.69, 9.17) is 4.74 Å². The lowest BCUT2D eigenvalue weighted by atomic mass is 9.71. The number of allylic oxidation sites excluding steroid dienone is 2. The van der Waals surface area contributed by atoms with E-state index >= 15 is 0 Å². The van der Waals surface area contributed by atoms with Crippen LogP contribution in [0.3, 0.4) is 0 Å². The molecule has 2 aliphatic rings. The standard InChI is InChI=1S/C36H43N3O4/c1-3-25-4-10-28(11-5-25)29-14-16-30(17-15-29)32-21-37-36(38-22-32)31-12-6-27(7-13-31)23-39(24-35(41)42)34(40)20-26-8-18-33(43-2)19-9-26/h6-9,12-13,16,18-19,21-22,25,28-29H,3-5,10-11,14-15,17,20,23-24H2,1-2H3,(H,41,42)/t25-,28-,29?. The molecule has 3 aromatic rings. The molecular formula is C36H43N3O4. The van der Waals surface area contributed by atoms with Gasteiger partial charge in [0.2, 0.25) is 5.91 Å². The highest BCUT2D eigenvalue weighted by Crippen LogP contribution is 2.41. The Morgan fingerprint density at radius 1 is 0.884 bits per heavy atom. The molecule has 0 aliphatic heterocycles. The van der Waals surface area contributed by atoms with Crippen molar-refractivity contribution in [3.63, 3.8) is 0 Å². The summed E-state index contributed by atoms with van der Waals surface area (Å²) in [5.74, 6) is 2.73. The second kappa shape index (κ2) is 14.5. The monoisotopic (exact) mass is 581 g/mol. The van der Waals surface area contributed by atoms with E-state index in [1.165, 1.54) is 55.4 Å². The number of hydrogen-bond acceptors (Lipinski definition) is 5. The van der Waals surface area contributed by atoms with Crippen LogP contribution in [0, 0.1) is 17.8 Å². The second-order valence-electron chi connectivity index (χ2n) is 12.1. The number of ether oxygens (including phenoxy) is 1. The maximum Gasteiger partial charge on any atom is 0.323 e. The molecule has 1 fully saturated rings. The van der Waals surface area contributed by atoms with Gasteiger partial charge in [-0.1, -0.05) is 68.7 Å². The molecule has 7 heteroatoms. The number of aromatic nitrogens is 2. The summed E-state index contributed by atoms with van der Waals surface area (Å²) >= 11 is 0. The molecule has 1 N–H and O–H groups in total. The van der Waals surface area contributed by atoms with Gasteiger partial charge in [-0.25, -0.2) is 9.97 Å². The Hall–Kier alpha value is -4.00. The number of nitrogens with zero attached hydrogens (tertiary/aromatic N) is 3. The van der Waals surface area contributed by atoms with Gasteiger partial charge in [0.1, 0.15) is 12.3 Å². The molecule has 226 valence electrons. The minimum Gasteiger partial charge on any atom is -0.497 e. The van der Waals surface area contributed by atoms with E-state index in [2.05, 4.69) is 23.0 Å². The average Bonchev–Trinajstić information content (AvgIpc) is 3.05. The molecule has 1 unspecified atom stereocenters. The summed E-state index contributed by atoms with van der Waals surface area (Å²) in [7, 11) is 1.59. The van der Waals surface area contributed by atoms with Crippen molar-refractivity contribution in [2.75, 3.05) is 13.7 Å². The fraction of sp³-hybridized carbons (Fsp3) is 0.444. The Labute approximate surface area is 255 Å². The smallest absolute Gasteiger partial charge is 0.323 e. The minimum atomic E-state index is -1.05. The number of carbonyl (C=O) groups excluding carboxylic acids is 1. The molecule has 1 atom stereocenters. The Morgan fingerprint density at radius 2 is 1.56 bits per heavy atom. The number of hydrogen-bond donors (Lipinski definition) is 1. The highest BCUT2D eigenvalue weighted by atomic mass is 16.5. The first-order valence-electron chi connectivity index (χ1n) is 15.6. The first-order valence-corrected chi connectivity index (χ1v) is 15.6. The van der Waals surface area contributed by atoms with Crippen LogP contribution in [0.1, 0.15) is 75.0 Å². The maximum absolute atomic E-state index is 13.0. The van der Waals surface area contributed by atoms with Crippen molar-refractivity contribution in [2.24, 2.45) is 17.8 Å². The van der Waals surface area contributed by atoms with Crippen molar-refractivity contribution in [1.82, 2.24) is 14.9 Å². The van der Waals surface area contributed by atoms with Gasteiger partial charge in [0.15, 0.2) is 5.82 Å². The van der Waals surface area contributed by atoms with Crippen LogP contribution in [0.5, 0.6) is 5.75 Å². The summed E-state index contributed by atoms with van der Waals surface area (Å²) in [6, 6.07) is 14.9. The van der Waals surface area contributed by atoms with Crippen LogP contribution in [0.15, 0.2) is 67.0 Å². The van der Waals surface area contributed by atoms with Crippen LogP contribution < -0.4 is 4.74 Å². The van der Waals surface area contributed by atoms with E-state index in [0.29, 0.717) is 11.6 Å². The highest BCUT2D eigenvalue weighted by Gasteiger charge is 2.28. The SMILES string of the molecule is CC[C@H]1CC[C@H](C2CC=C(c3cnc(-c4ccc(CN(CC(=O)O)C(=O)Cc5ccc(OC)cc5)cc4)nc3)CC2)CC1. The molecule has 43 heavy (non-hydrogen) atoms. The number of aliphatic carboxylic acids is 1. The van der Waals surface area contributed by atoms with Crippen LogP contribution in [-0.4, -0.2) is 45.5 Å². The third-order valence-corrected chi connectivity index (χ3v) is 9.39. The van der Waals surface area contributed by atoms with Gasteiger partial charge in [-0.15, -0.1) is 0 Å². The van der Waals surface area contributed by atoms with Gasteiger partial charge in [-0.05, 0) is 78.7 Å². The predicted octanol–water partition coefficient (Wildman–Crippen LogP) is 7.21. The summed E-state index contributed by atoms with van der Waals surface area (Å²) in [5.41, 5.74) is 4.99. The lowest BCUT2D eigenvalue weighted by molar-refractivity contribution is -0.144. The number of carboxylic acid groups (broad SMARTS) is 1. The first kappa shape index (κ1) is 30.5. The van der Waals surface area contributed by atoms with Gasteiger partial charge in [-0.2, -0.15) is 0 Å². The molecule has 1 amide bonds. The molecule has 0 spiro atoms. The van der Waals surface area contributed by atoms with Crippen LogP contribution >= 0.6 is 0 Å². The highest BCUT2D eigenvalue weighted by molar-refractivity contribution is 5.83. The van der Waals surface area contributed by atoms with E-state index in [1.807, 2.05) is 48.8 Å². The van der Waals surface area contributed by atoms with E-state index in [1.54, 1.807) is 19.2 Å². The summed E-state index contributed by atoms with van der Waals surface area (Å²) in [4.78, 5) is 35.2. The normalized spacial score (nSPS) is 20.2. The van der Waals surface area contributed by atoms with Gasteiger partial charge in [0, 0.05) is 30.1 Å². The summed E-state index contributed by atoms with van der Waals surface area (Å²) in [6.45, 7) is 2.17. The fourth-order valence-corrected chi connectivity index (χ4v) is 6.66. The molecule has 0 bridgehead atoms. The summed E-state index contributed by atoms with van der Waals surface area (Å²) in [5, 5.41) is 9.41. The Balaban J connectivity index is 1.17. The summed E-state index contributed by atoms with van der Waals surface area (Å²) < 4.78 is 5.17. The quantitative estimate of drug-likeness (QED) is 0.257. The Kier molecular flexibility index (Phi) is 10.2. The molecule has 7 nitrogen and oxygen atoms in total. The van der Waals surface area contributed by atoms with Gasteiger partial charge in [0.25, 0.3) is 0 Å². The van der Waals surface area contributed by atoms with Gasteiger partial charge < -0.3 is 14.7 Å². The van der Waals surface area contributed by atoms with Crippen LogP contribution in [0.2, 0.25) is 0 Å². The molecule has 2 aromatic carbocycles. The lowest BCUT2D eigenvalue weighted by Gasteiger charge is -2.35. The number of carboxylic acids is 1. The van der Waals surface area contributed by atoms with Crippen LogP contribution in [0.25, 0.3) is 17.0 Å². The predicted molar refractivity (Wildman–Crippen MR) is 168 cm³/mol. The number of benzene rings is 2. The number of carbonyl (C=O) groups is 2. The summed E-state index contributed by atoms with van der Waals surface area (Å²) in [6.07, 6.45) is 16.9. The third-order valence-electron chi connectivity index (χ3n) is 9.39. The lowest BCUT2D eigenvalue weighted by Crippen LogP contribution is -2.36. The van der Waals surface area contributed by atoms with Crippen molar-refractivity contribution in [3.05, 3.63) is 83.7 Å². The molecule has 0 radical (unpaired) electrons. The fourth-order valence-electron chi connectivity index (χ4n) is 6.66. The van der Waals surface area contributed by atoms with Crippen molar-refractivity contribution in [1.29, 1.82) is 0 Å². The zero-order valence-corrected chi connectivity index (χ0v) is 25.4. The van der Waals surface area contributed by atoms with Crippen LogP contribution in [-0.2, 0) is 22.6 Å². The van der Waals surface area contributed by atoms with Crippen molar-refractivity contribution >= 4 is 17.4 Å². The topological polar surface area (TPSA) is 92.6 Å². The Morgan fingerprint density at radius 3 is 2.14 bits per heavy atom. The third kappa shape index (κ3) is 8.09. The van der Waals surface area contributed by atoms with E-state index in [-0.39, 0.29) is 25.4 Å². The van der Waals surface area contributed by atoms with E-state index < -0.39 is 5.97 Å². The van der Waals surface area contributed by atoms with E-state index in [9.17, 15) is 14.7 Å². The van der Waals surface area contributed by atoms with Crippen LogP contribution in [0.4, 0.5) is 0 Å². The molecule has 2 aliphatic carbocycles. The molecule has 5 rings (SSSR count). The number of amides is 1. The van der Waals surface area contributed by atoms with Gasteiger partial charge in [-0.3, -0.25) is 9.59 Å². The minimum absolute atomic E-state index is 0.118. The number of rotatable bonds is 11. The first-order chi connectivity index (χ1) is 20.9. The average molecular weight is 582 g/mol.